The van der Waals surface area contributed by atoms with E-state index in [-0.39, 0.29) is 0 Å². The fraction of sp³-hybridized carbons (Fsp3) is 0.0741. The van der Waals surface area contributed by atoms with Gasteiger partial charge in [0.2, 0.25) is 0 Å². The minimum absolute atomic E-state index is 0.360. The van der Waals surface area contributed by atoms with Gasteiger partial charge in [0.25, 0.3) is 0 Å². The fourth-order valence-electron chi connectivity index (χ4n) is 4.71. The van der Waals surface area contributed by atoms with Gasteiger partial charge in [0.15, 0.2) is 5.96 Å². The largest absolute Gasteiger partial charge is 0.326 e. The van der Waals surface area contributed by atoms with Crippen molar-refractivity contribution in [3.05, 3.63) is 95.1 Å². The molecule has 0 amide bonds. The van der Waals surface area contributed by atoms with E-state index in [1.54, 1.807) is 0 Å². The molecular formula is C27H21N3. The van der Waals surface area contributed by atoms with E-state index in [0.29, 0.717) is 5.96 Å². The number of hydrogen-bond acceptors (Lipinski definition) is 1. The average Bonchev–Trinajstić information content (AvgIpc) is 3.37. The molecule has 2 N–H and O–H groups in total. The van der Waals surface area contributed by atoms with E-state index in [9.17, 15) is 0 Å². The Hall–Kier alpha value is -3.85. The van der Waals surface area contributed by atoms with E-state index in [2.05, 4.69) is 90.3 Å². The fourth-order valence-corrected chi connectivity index (χ4v) is 4.71. The van der Waals surface area contributed by atoms with E-state index in [4.69, 9.17) is 5.41 Å². The number of nitrogens with zero attached hydrogens (tertiary/aromatic N) is 1. The maximum absolute atomic E-state index is 8.68. The number of nitrogens with one attached hydrogen (secondary N) is 2. The Bertz CT molecular complexity index is 1380. The van der Waals surface area contributed by atoms with Crippen molar-refractivity contribution in [2.75, 3.05) is 17.3 Å². The number of hydrogen-bond donors (Lipinski definition) is 2. The topological polar surface area (TPSA) is 39.1 Å². The van der Waals surface area contributed by atoms with Gasteiger partial charge in [0, 0.05) is 24.0 Å². The standard InChI is InChI=1S/C27H21N3/c1-30(21-11-13-23-20(16-21)15-19-5-2-3-8-22(19)23)27(28)29-25-14-10-18-7-4-6-17-9-12-24(25)26(17)18/h2-14,16H,15H2,1H3,(H2,28,29). The van der Waals surface area contributed by atoms with Crippen LogP contribution in [0.2, 0.25) is 0 Å². The molecular weight excluding hydrogens is 366 g/mol. The molecule has 3 nitrogen and oxygen atoms in total. The summed E-state index contributed by atoms with van der Waals surface area (Å²) < 4.78 is 0. The molecule has 144 valence electrons. The number of guanidine groups is 1. The first-order chi connectivity index (χ1) is 14.7. The number of fused-ring (bicyclic) bond motifs is 3. The smallest absolute Gasteiger partial charge is 0.199 e. The Morgan fingerprint density at radius 3 is 2.67 bits per heavy atom. The molecule has 2 aliphatic rings. The molecule has 0 saturated carbocycles. The molecule has 2 aliphatic carbocycles. The minimum atomic E-state index is 0.360. The molecule has 0 bridgehead atoms. The third kappa shape index (κ3) is 2.49. The molecule has 30 heavy (non-hydrogen) atoms. The molecule has 4 aromatic rings. The van der Waals surface area contributed by atoms with Crippen LogP contribution in [0.25, 0.3) is 34.1 Å². The van der Waals surface area contributed by atoms with Gasteiger partial charge in [-0.1, -0.05) is 66.7 Å². The van der Waals surface area contributed by atoms with E-state index < -0.39 is 0 Å². The second-order valence-corrected chi connectivity index (χ2v) is 8.01. The Kier molecular flexibility index (Phi) is 3.59. The summed E-state index contributed by atoms with van der Waals surface area (Å²) in [6.45, 7) is 0. The van der Waals surface area contributed by atoms with Crippen molar-refractivity contribution in [2.24, 2.45) is 0 Å². The summed E-state index contributed by atoms with van der Waals surface area (Å²) in [6.07, 6.45) is 5.24. The Labute approximate surface area is 175 Å². The summed E-state index contributed by atoms with van der Waals surface area (Å²) in [5.41, 5.74) is 9.73. The molecule has 0 heterocycles. The highest BCUT2D eigenvalue weighted by Gasteiger charge is 2.20. The molecule has 0 fully saturated rings. The monoisotopic (exact) mass is 387 g/mol. The van der Waals surface area contributed by atoms with Gasteiger partial charge in [-0.3, -0.25) is 5.41 Å². The van der Waals surface area contributed by atoms with Gasteiger partial charge in [-0.15, -0.1) is 0 Å². The van der Waals surface area contributed by atoms with Crippen molar-refractivity contribution >= 4 is 40.3 Å². The Morgan fingerprint density at radius 2 is 1.73 bits per heavy atom. The van der Waals surface area contributed by atoms with Crippen LogP contribution in [-0.2, 0) is 6.42 Å². The molecule has 0 atom stereocenters. The van der Waals surface area contributed by atoms with Crippen molar-refractivity contribution in [3.8, 4) is 11.1 Å². The van der Waals surface area contributed by atoms with Gasteiger partial charge in [0.1, 0.15) is 0 Å². The molecule has 6 rings (SSSR count). The second-order valence-electron chi connectivity index (χ2n) is 8.01. The third-order valence-corrected chi connectivity index (χ3v) is 6.30. The lowest BCUT2D eigenvalue weighted by Gasteiger charge is -2.23. The predicted octanol–water partition coefficient (Wildman–Crippen LogP) is 6.38. The van der Waals surface area contributed by atoms with Crippen molar-refractivity contribution in [1.82, 2.24) is 0 Å². The summed E-state index contributed by atoms with van der Waals surface area (Å²) in [4.78, 5) is 1.91. The highest BCUT2D eigenvalue weighted by molar-refractivity contribution is 6.12. The van der Waals surface area contributed by atoms with Crippen LogP contribution in [-0.4, -0.2) is 13.0 Å². The molecule has 0 spiro atoms. The van der Waals surface area contributed by atoms with Crippen molar-refractivity contribution < 1.29 is 0 Å². The zero-order valence-electron chi connectivity index (χ0n) is 16.7. The van der Waals surface area contributed by atoms with Crippen molar-refractivity contribution in [2.45, 2.75) is 6.42 Å². The van der Waals surface area contributed by atoms with Gasteiger partial charge in [-0.2, -0.15) is 0 Å². The lowest BCUT2D eigenvalue weighted by molar-refractivity contribution is 1.19. The number of rotatable bonds is 2. The maximum Gasteiger partial charge on any atom is 0.199 e. The quantitative estimate of drug-likeness (QED) is 0.267. The first kappa shape index (κ1) is 17.0. The lowest BCUT2D eigenvalue weighted by atomic mass is 10.0. The van der Waals surface area contributed by atoms with Gasteiger partial charge in [-0.05, 0) is 63.2 Å². The Morgan fingerprint density at radius 1 is 0.867 bits per heavy atom. The van der Waals surface area contributed by atoms with Crippen molar-refractivity contribution in [3.63, 3.8) is 0 Å². The zero-order chi connectivity index (χ0) is 20.2. The normalized spacial score (nSPS) is 12.7. The minimum Gasteiger partial charge on any atom is -0.326 e. The van der Waals surface area contributed by atoms with Crippen molar-refractivity contribution in [1.29, 1.82) is 5.41 Å². The summed E-state index contributed by atoms with van der Waals surface area (Å²) in [5.74, 6) is 0.360. The van der Waals surface area contributed by atoms with Crippen LogP contribution >= 0.6 is 0 Å². The van der Waals surface area contributed by atoms with Crippen LogP contribution in [0, 0.1) is 5.41 Å². The van der Waals surface area contributed by atoms with Gasteiger partial charge in [-0.25, -0.2) is 0 Å². The van der Waals surface area contributed by atoms with Crippen LogP contribution < -0.4 is 10.2 Å². The maximum atomic E-state index is 8.68. The summed E-state index contributed by atoms with van der Waals surface area (Å²) >= 11 is 0. The third-order valence-electron chi connectivity index (χ3n) is 6.30. The first-order valence-corrected chi connectivity index (χ1v) is 10.2. The molecule has 3 heteroatoms. The predicted molar refractivity (Wildman–Crippen MR) is 127 cm³/mol. The molecule has 0 radical (unpaired) electrons. The highest BCUT2D eigenvalue weighted by atomic mass is 15.3. The van der Waals surface area contributed by atoms with Gasteiger partial charge in [0.05, 0.1) is 0 Å². The molecule has 0 unspecified atom stereocenters. The SMILES string of the molecule is CN(C(=N)Nc1ccc2cccc3c2c1C=C3)c1ccc2c(c1)Cc1ccccc1-2. The van der Waals surface area contributed by atoms with Crippen LogP contribution in [0.3, 0.4) is 0 Å². The number of anilines is 2. The van der Waals surface area contributed by atoms with Gasteiger partial charge >= 0.3 is 0 Å². The second kappa shape index (κ2) is 6.33. The van der Waals surface area contributed by atoms with E-state index >= 15 is 0 Å². The Balaban J connectivity index is 1.29. The van der Waals surface area contributed by atoms with E-state index in [1.807, 2.05) is 11.9 Å². The van der Waals surface area contributed by atoms with Gasteiger partial charge < -0.3 is 10.2 Å². The first-order valence-electron chi connectivity index (χ1n) is 10.2. The highest BCUT2D eigenvalue weighted by Crippen LogP contribution is 2.39. The molecule has 0 saturated heterocycles. The van der Waals surface area contributed by atoms with Crippen LogP contribution in [0.1, 0.15) is 22.3 Å². The number of benzene rings is 4. The zero-order valence-corrected chi connectivity index (χ0v) is 16.7. The van der Waals surface area contributed by atoms with E-state index in [1.165, 1.54) is 38.6 Å². The van der Waals surface area contributed by atoms with Crippen LogP contribution in [0.15, 0.2) is 72.8 Å². The van der Waals surface area contributed by atoms with Crippen LogP contribution in [0.4, 0.5) is 11.4 Å². The van der Waals surface area contributed by atoms with E-state index in [0.717, 1.165) is 23.4 Å². The molecule has 0 aromatic heterocycles. The molecule has 4 aromatic carbocycles. The average molecular weight is 387 g/mol. The summed E-state index contributed by atoms with van der Waals surface area (Å²) in [6, 6.07) is 25.7. The summed E-state index contributed by atoms with van der Waals surface area (Å²) in [5, 5.41) is 14.5. The molecule has 0 aliphatic heterocycles. The lowest BCUT2D eigenvalue weighted by Crippen LogP contribution is -2.32. The van der Waals surface area contributed by atoms with Crippen LogP contribution in [0.5, 0.6) is 0 Å². The summed E-state index contributed by atoms with van der Waals surface area (Å²) in [7, 11) is 1.95.